The van der Waals surface area contributed by atoms with Crippen LogP contribution < -0.4 is 0 Å². The monoisotopic (exact) mass is 158 g/mol. The van der Waals surface area contributed by atoms with Crippen LogP contribution in [0.15, 0.2) is 0 Å². The topological polar surface area (TPSA) is 0 Å². The Labute approximate surface area is 57.2 Å². The molecule has 0 aromatic rings. The van der Waals surface area contributed by atoms with E-state index in [1.54, 1.807) is 0 Å². The highest BCUT2D eigenvalue weighted by Crippen LogP contribution is 2.20. The first kappa shape index (κ1) is 9.72. The fourth-order valence-corrected chi connectivity index (χ4v) is 0.567. The first-order valence-corrected chi connectivity index (χ1v) is 3.08. The highest BCUT2D eigenvalue weighted by molar-refractivity contribution is 4.57. The standard InChI is InChI=1S/C6H10F4/c1-6(9,10)4-2-3-5(7)8/h5H,2-4H2,1H3. The number of rotatable bonds is 4. The van der Waals surface area contributed by atoms with Gasteiger partial charge in [0, 0.05) is 12.8 Å². The number of hydrogen-bond acceptors (Lipinski definition) is 0. The molecule has 0 radical (unpaired) electrons. The lowest BCUT2D eigenvalue weighted by Gasteiger charge is -2.08. The van der Waals surface area contributed by atoms with Crippen molar-refractivity contribution in [3.8, 4) is 0 Å². The largest absolute Gasteiger partial charge is 0.245 e. The Morgan fingerprint density at radius 1 is 1.30 bits per heavy atom. The van der Waals surface area contributed by atoms with Crippen molar-refractivity contribution in [1.29, 1.82) is 0 Å². The van der Waals surface area contributed by atoms with Gasteiger partial charge in [0.1, 0.15) is 0 Å². The summed E-state index contributed by atoms with van der Waals surface area (Å²) in [6, 6.07) is 0. The van der Waals surface area contributed by atoms with E-state index in [9.17, 15) is 17.6 Å². The van der Waals surface area contributed by atoms with Gasteiger partial charge in [0.05, 0.1) is 0 Å². The quantitative estimate of drug-likeness (QED) is 0.551. The third-order valence-electron chi connectivity index (χ3n) is 1.04. The molecule has 4 heteroatoms. The van der Waals surface area contributed by atoms with Crippen LogP contribution in [0.4, 0.5) is 17.6 Å². The molecule has 0 atom stereocenters. The Balaban J connectivity index is 3.21. The molecule has 62 valence electrons. The van der Waals surface area contributed by atoms with Crippen molar-refractivity contribution in [1.82, 2.24) is 0 Å². The Hall–Kier alpha value is -0.280. The molecule has 0 unspecified atom stereocenters. The number of hydrogen-bond donors (Lipinski definition) is 0. The molecule has 0 heterocycles. The summed E-state index contributed by atoms with van der Waals surface area (Å²) in [5, 5.41) is 0. The van der Waals surface area contributed by atoms with Gasteiger partial charge in [-0.05, 0) is 13.3 Å². The third-order valence-corrected chi connectivity index (χ3v) is 1.04. The van der Waals surface area contributed by atoms with Crippen LogP contribution in [0, 0.1) is 0 Å². The smallest absolute Gasteiger partial charge is 0.211 e. The van der Waals surface area contributed by atoms with E-state index in [-0.39, 0.29) is 6.42 Å². The molecule has 0 aliphatic carbocycles. The van der Waals surface area contributed by atoms with Gasteiger partial charge < -0.3 is 0 Å². The molecule has 0 amide bonds. The van der Waals surface area contributed by atoms with Gasteiger partial charge in [0.2, 0.25) is 12.3 Å². The molecule has 0 N–H and O–H groups in total. The summed E-state index contributed by atoms with van der Waals surface area (Å²) in [6.45, 7) is 0.735. The van der Waals surface area contributed by atoms with Gasteiger partial charge in [-0.15, -0.1) is 0 Å². The number of alkyl halides is 4. The molecule has 0 aliphatic rings. The van der Waals surface area contributed by atoms with Crippen LogP contribution in [-0.2, 0) is 0 Å². The minimum Gasteiger partial charge on any atom is -0.211 e. The van der Waals surface area contributed by atoms with E-state index >= 15 is 0 Å². The summed E-state index contributed by atoms with van der Waals surface area (Å²) < 4.78 is 46.6. The fourth-order valence-electron chi connectivity index (χ4n) is 0.567. The zero-order chi connectivity index (χ0) is 8.20. The third kappa shape index (κ3) is 7.72. The second kappa shape index (κ2) is 3.78. The number of halogens is 4. The molecule has 0 aromatic heterocycles. The zero-order valence-corrected chi connectivity index (χ0v) is 5.71. The molecule has 0 fully saturated rings. The fraction of sp³-hybridized carbons (Fsp3) is 1.00. The van der Waals surface area contributed by atoms with E-state index in [2.05, 4.69) is 0 Å². The second-order valence-corrected chi connectivity index (χ2v) is 2.35. The van der Waals surface area contributed by atoms with Crippen LogP contribution in [-0.4, -0.2) is 12.3 Å². The average molecular weight is 158 g/mol. The van der Waals surface area contributed by atoms with Gasteiger partial charge in [0.15, 0.2) is 0 Å². The predicted octanol–water partition coefficient (Wildman–Crippen LogP) is 3.08. The lowest BCUT2D eigenvalue weighted by atomic mass is 10.2. The van der Waals surface area contributed by atoms with Crippen molar-refractivity contribution in [3.63, 3.8) is 0 Å². The zero-order valence-electron chi connectivity index (χ0n) is 5.71. The second-order valence-electron chi connectivity index (χ2n) is 2.35. The molecule has 0 bridgehead atoms. The minimum absolute atomic E-state index is 0.110. The van der Waals surface area contributed by atoms with Crippen LogP contribution in [0.5, 0.6) is 0 Å². The summed E-state index contributed by atoms with van der Waals surface area (Å²) in [5.41, 5.74) is 0. The molecule has 0 saturated carbocycles. The van der Waals surface area contributed by atoms with Crippen LogP contribution in [0.3, 0.4) is 0 Å². The molecular weight excluding hydrogens is 148 g/mol. The van der Waals surface area contributed by atoms with Crippen LogP contribution >= 0.6 is 0 Å². The lowest BCUT2D eigenvalue weighted by molar-refractivity contribution is 0.00576. The summed E-state index contributed by atoms with van der Waals surface area (Å²) in [6.07, 6.45) is -3.44. The van der Waals surface area contributed by atoms with Crippen LogP contribution in [0.2, 0.25) is 0 Å². The summed E-state index contributed by atoms with van der Waals surface area (Å²) in [4.78, 5) is 0. The molecule has 0 nitrogen and oxygen atoms in total. The van der Waals surface area contributed by atoms with Gasteiger partial charge >= 0.3 is 0 Å². The van der Waals surface area contributed by atoms with E-state index < -0.39 is 25.2 Å². The van der Waals surface area contributed by atoms with Crippen LogP contribution in [0.1, 0.15) is 26.2 Å². The van der Waals surface area contributed by atoms with E-state index in [1.807, 2.05) is 0 Å². The Kier molecular flexibility index (Phi) is 3.68. The SMILES string of the molecule is CC(F)(F)CCCC(F)F. The van der Waals surface area contributed by atoms with Crippen LogP contribution in [0.25, 0.3) is 0 Å². The maximum Gasteiger partial charge on any atom is 0.245 e. The van der Waals surface area contributed by atoms with E-state index in [4.69, 9.17) is 0 Å². The highest BCUT2D eigenvalue weighted by Gasteiger charge is 2.20. The maximum absolute atomic E-state index is 11.9. The maximum atomic E-state index is 11.9. The van der Waals surface area contributed by atoms with Gasteiger partial charge in [-0.2, -0.15) is 0 Å². The van der Waals surface area contributed by atoms with Crippen molar-refractivity contribution in [2.75, 3.05) is 0 Å². The van der Waals surface area contributed by atoms with Crippen molar-refractivity contribution < 1.29 is 17.6 Å². The first-order chi connectivity index (χ1) is 4.42. The molecule has 0 aromatic carbocycles. The minimum atomic E-state index is -2.80. The average Bonchev–Trinajstić information content (AvgIpc) is 1.59. The van der Waals surface area contributed by atoms with E-state index in [0.29, 0.717) is 0 Å². The van der Waals surface area contributed by atoms with Gasteiger partial charge in [-0.1, -0.05) is 0 Å². The first-order valence-electron chi connectivity index (χ1n) is 3.08. The predicted molar refractivity (Wildman–Crippen MR) is 30.5 cm³/mol. The van der Waals surface area contributed by atoms with Crippen molar-refractivity contribution in [2.24, 2.45) is 0 Å². The van der Waals surface area contributed by atoms with Crippen molar-refractivity contribution in [3.05, 3.63) is 0 Å². The molecule has 0 saturated heterocycles. The summed E-state index contributed by atoms with van der Waals surface area (Å²) >= 11 is 0. The molecule has 0 aliphatic heterocycles. The van der Waals surface area contributed by atoms with Gasteiger partial charge in [0.25, 0.3) is 0 Å². The molecule has 0 rings (SSSR count). The molecular formula is C6H10F4. The molecule has 0 spiro atoms. The molecule has 10 heavy (non-hydrogen) atoms. The normalized spacial score (nSPS) is 12.6. The van der Waals surface area contributed by atoms with Crippen molar-refractivity contribution >= 4 is 0 Å². The van der Waals surface area contributed by atoms with Gasteiger partial charge in [-0.25, -0.2) is 17.6 Å². The Bertz CT molecular complexity index is 84.2. The summed E-state index contributed by atoms with van der Waals surface area (Å²) in [7, 11) is 0. The van der Waals surface area contributed by atoms with E-state index in [1.165, 1.54) is 0 Å². The summed E-state index contributed by atoms with van der Waals surface area (Å²) in [5.74, 6) is -2.80. The van der Waals surface area contributed by atoms with Gasteiger partial charge in [-0.3, -0.25) is 0 Å². The Morgan fingerprint density at radius 3 is 2.10 bits per heavy atom. The van der Waals surface area contributed by atoms with Crippen molar-refractivity contribution in [2.45, 2.75) is 38.5 Å². The Morgan fingerprint density at radius 2 is 1.80 bits per heavy atom. The highest BCUT2D eigenvalue weighted by atomic mass is 19.3. The van der Waals surface area contributed by atoms with E-state index in [0.717, 1.165) is 6.92 Å². The lowest BCUT2D eigenvalue weighted by Crippen LogP contribution is -2.09.